The highest BCUT2D eigenvalue weighted by Crippen LogP contribution is 2.59. The predicted molar refractivity (Wildman–Crippen MR) is 128 cm³/mol. The second-order valence-electron chi connectivity index (χ2n) is 8.45. The van der Waals surface area contributed by atoms with Crippen molar-refractivity contribution >= 4 is 13.3 Å². The molecule has 1 unspecified atom stereocenters. The summed E-state index contributed by atoms with van der Waals surface area (Å²) in [6, 6.07) is 13.6. The molecule has 1 aliphatic heterocycles. The number of aliphatic carboxylic acids is 1. The Hall–Kier alpha value is -2.38. The Bertz CT molecular complexity index is 1030. The van der Waals surface area contributed by atoms with Crippen LogP contribution in [0.25, 0.3) is 11.1 Å². The van der Waals surface area contributed by atoms with Crippen LogP contribution >= 0.6 is 7.37 Å². The maximum absolute atomic E-state index is 13.0. The van der Waals surface area contributed by atoms with E-state index in [1.807, 2.05) is 47.4 Å². The van der Waals surface area contributed by atoms with Crippen molar-refractivity contribution in [1.82, 2.24) is 4.90 Å². The lowest BCUT2D eigenvalue weighted by Gasteiger charge is -2.43. The number of hydrogen-bond donors (Lipinski definition) is 3. The first-order chi connectivity index (χ1) is 15.8. The molecule has 1 aliphatic rings. The van der Waals surface area contributed by atoms with Gasteiger partial charge in [0.2, 0.25) is 7.37 Å². The molecular weight excluding hydrogens is 443 g/mol. The average Bonchev–Trinajstić information content (AvgIpc) is 2.81. The molecule has 1 heterocycles. The number of carboxylic acids is 1. The van der Waals surface area contributed by atoms with Crippen molar-refractivity contribution in [2.45, 2.75) is 31.0 Å². The summed E-state index contributed by atoms with van der Waals surface area (Å²) in [5.74, 6) is 0.0502. The van der Waals surface area contributed by atoms with Crippen LogP contribution in [0.15, 0.2) is 42.5 Å². The van der Waals surface area contributed by atoms with Gasteiger partial charge in [-0.1, -0.05) is 36.8 Å². The van der Waals surface area contributed by atoms with Gasteiger partial charge in [0.1, 0.15) is 0 Å². The standard InChI is InChI=1S/C24H33N2O6P/c1-31-21-10-9-18(15-22(21)32-2)20-8-4-3-7-19(20)16-26-13-14-33(29,30)24(17-26,23(27)28)11-5-6-12-25/h3-4,7-10,15H,5-6,11-14,16-17,25H2,1-2H3,(H,27,28)(H,29,30)/t24-/m0/s1. The van der Waals surface area contributed by atoms with Gasteiger partial charge in [0, 0.05) is 25.8 Å². The van der Waals surface area contributed by atoms with Crippen molar-refractivity contribution in [3.05, 3.63) is 48.0 Å². The third-order valence-corrected chi connectivity index (χ3v) is 9.12. The number of carboxylic acid groups (broad SMARTS) is 1. The Morgan fingerprint density at radius 2 is 1.88 bits per heavy atom. The minimum atomic E-state index is -3.87. The third-order valence-electron chi connectivity index (χ3n) is 6.42. The molecule has 2 aromatic carbocycles. The Morgan fingerprint density at radius 3 is 2.55 bits per heavy atom. The van der Waals surface area contributed by atoms with Gasteiger partial charge in [0.25, 0.3) is 0 Å². The van der Waals surface area contributed by atoms with Gasteiger partial charge in [-0.05, 0) is 48.2 Å². The van der Waals surface area contributed by atoms with Crippen LogP contribution in [0, 0.1) is 0 Å². The van der Waals surface area contributed by atoms with Crippen LogP contribution in [-0.4, -0.2) is 66.0 Å². The number of methoxy groups -OCH3 is 2. The number of hydrogen-bond acceptors (Lipinski definition) is 6. The molecule has 0 aromatic heterocycles. The van der Waals surface area contributed by atoms with E-state index in [0.717, 1.165) is 16.7 Å². The topological polar surface area (TPSA) is 122 Å². The maximum atomic E-state index is 13.0. The van der Waals surface area contributed by atoms with Crippen molar-refractivity contribution in [1.29, 1.82) is 0 Å². The minimum Gasteiger partial charge on any atom is -0.493 e. The fourth-order valence-corrected chi connectivity index (χ4v) is 6.72. The molecule has 0 aliphatic carbocycles. The van der Waals surface area contributed by atoms with Crippen LogP contribution in [-0.2, 0) is 15.9 Å². The molecule has 0 bridgehead atoms. The Morgan fingerprint density at radius 1 is 1.15 bits per heavy atom. The zero-order valence-corrected chi connectivity index (χ0v) is 20.1. The number of carbonyl (C=O) groups is 1. The monoisotopic (exact) mass is 476 g/mol. The van der Waals surface area contributed by atoms with Gasteiger partial charge < -0.3 is 25.2 Å². The molecular formula is C24H33N2O6P. The van der Waals surface area contributed by atoms with Gasteiger partial charge in [0.15, 0.2) is 16.7 Å². The summed E-state index contributed by atoms with van der Waals surface area (Å²) in [6.45, 7) is 1.28. The Balaban J connectivity index is 1.90. The number of unbranched alkanes of at least 4 members (excludes halogenated alkanes) is 1. The third kappa shape index (κ3) is 5.25. The van der Waals surface area contributed by atoms with E-state index in [1.165, 1.54) is 0 Å². The predicted octanol–water partition coefficient (Wildman–Crippen LogP) is 3.41. The summed E-state index contributed by atoms with van der Waals surface area (Å²) in [5, 5.41) is 8.36. The van der Waals surface area contributed by atoms with E-state index < -0.39 is 18.5 Å². The summed E-state index contributed by atoms with van der Waals surface area (Å²) in [4.78, 5) is 24.9. The quantitative estimate of drug-likeness (QED) is 0.352. The maximum Gasteiger partial charge on any atom is 0.320 e. The van der Waals surface area contributed by atoms with Crippen LogP contribution in [0.2, 0.25) is 0 Å². The highest BCUT2D eigenvalue weighted by molar-refractivity contribution is 7.61. The molecule has 33 heavy (non-hydrogen) atoms. The van der Waals surface area contributed by atoms with Crippen LogP contribution in [0.3, 0.4) is 0 Å². The lowest BCUT2D eigenvalue weighted by molar-refractivity contribution is -0.141. The van der Waals surface area contributed by atoms with Crippen LogP contribution in [0.4, 0.5) is 0 Å². The van der Waals surface area contributed by atoms with E-state index in [9.17, 15) is 19.4 Å². The fourth-order valence-electron chi connectivity index (χ4n) is 4.51. The zero-order chi connectivity index (χ0) is 24.1. The molecule has 4 N–H and O–H groups in total. The number of nitrogens with two attached hydrogens (primary N) is 1. The van der Waals surface area contributed by atoms with Gasteiger partial charge >= 0.3 is 5.97 Å². The van der Waals surface area contributed by atoms with Crippen molar-refractivity contribution in [3.8, 4) is 22.6 Å². The summed E-state index contributed by atoms with van der Waals surface area (Å²) >= 11 is 0. The molecule has 1 saturated heterocycles. The molecule has 9 heteroatoms. The number of ether oxygens (including phenoxy) is 2. The van der Waals surface area contributed by atoms with Crippen molar-refractivity contribution in [2.75, 3.05) is 40.0 Å². The second kappa shape index (κ2) is 10.7. The van der Waals surface area contributed by atoms with Gasteiger partial charge in [-0.3, -0.25) is 14.3 Å². The lowest BCUT2D eigenvalue weighted by Crippen LogP contribution is -2.53. The molecule has 3 rings (SSSR count). The van der Waals surface area contributed by atoms with Crippen molar-refractivity contribution in [3.63, 3.8) is 0 Å². The highest BCUT2D eigenvalue weighted by Gasteiger charge is 2.56. The van der Waals surface area contributed by atoms with E-state index in [-0.39, 0.29) is 19.1 Å². The van der Waals surface area contributed by atoms with Gasteiger partial charge in [-0.2, -0.15) is 0 Å². The van der Waals surface area contributed by atoms with Crippen molar-refractivity contribution in [2.24, 2.45) is 5.73 Å². The molecule has 0 saturated carbocycles. The molecule has 2 aromatic rings. The van der Waals surface area contributed by atoms with E-state index in [2.05, 4.69) is 0 Å². The molecule has 0 radical (unpaired) electrons. The molecule has 180 valence electrons. The molecule has 0 spiro atoms. The minimum absolute atomic E-state index is 0.0287. The SMILES string of the molecule is COc1ccc(-c2ccccc2CN2CCP(=O)(O)[C@](CCCCN)(C(=O)O)C2)cc1OC. The highest BCUT2D eigenvalue weighted by atomic mass is 31.2. The van der Waals surface area contributed by atoms with Gasteiger partial charge in [-0.15, -0.1) is 0 Å². The van der Waals surface area contributed by atoms with E-state index in [4.69, 9.17) is 15.2 Å². The number of rotatable bonds is 10. The smallest absolute Gasteiger partial charge is 0.320 e. The summed E-state index contributed by atoms with van der Waals surface area (Å²) in [7, 11) is -0.693. The summed E-state index contributed by atoms with van der Waals surface area (Å²) in [6.07, 6.45) is 1.22. The number of nitrogens with zero attached hydrogens (tertiary/aromatic N) is 1. The van der Waals surface area contributed by atoms with E-state index in [0.29, 0.717) is 44.0 Å². The first-order valence-electron chi connectivity index (χ1n) is 11.1. The molecule has 1 fully saturated rings. The zero-order valence-electron chi connectivity index (χ0n) is 19.2. The Kier molecular flexibility index (Phi) is 8.19. The van der Waals surface area contributed by atoms with E-state index >= 15 is 0 Å². The van der Waals surface area contributed by atoms with Crippen LogP contribution < -0.4 is 15.2 Å². The fraction of sp³-hybridized carbons (Fsp3) is 0.458. The molecule has 2 atom stereocenters. The van der Waals surface area contributed by atoms with Gasteiger partial charge in [-0.25, -0.2) is 0 Å². The first kappa shape index (κ1) is 25.2. The Labute approximate surface area is 194 Å². The molecule has 8 nitrogen and oxygen atoms in total. The van der Waals surface area contributed by atoms with Crippen LogP contribution in [0.1, 0.15) is 24.8 Å². The van der Waals surface area contributed by atoms with Crippen LogP contribution in [0.5, 0.6) is 11.5 Å². The first-order valence-corrected chi connectivity index (χ1v) is 12.9. The number of benzene rings is 2. The summed E-state index contributed by atoms with van der Waals surface area (Å²) < 4.78 is 23.8. The van der Waals surface area contributed by atoms with Gasteiger partial charge in [0.05, 0.1) is 14.2 Å². The van der Waals surface area contributed by atoms with Crippen molar-refractivity contribution < 1.29 is 28.8 Å². The average molecular weight is 477 g/mol. The lowest BCUT2D eigenvalue weighted by atomic mass is 9.97. The second-order valence-corrected chi connectivity index (χ2v) is 11.2. The normalized spacial score (nSPS) is 23.3. The largest absolute Gasteiger partial charge is 0.493 e. The van der Waals surface area contributed by atoms with E-state index in [1.54, 1.807) is 14.2 Å². The molecule has 0 amide bonds. The summed E-state index contributed by atoms with van der Waals surface area (Å²) in [5.41, 5.74) is 8.50.